The van der Waals surface area contributed by atoms with E-state index in [1.54, 1.807) is 6.92 Å². The van der Waals surface area contributed by atoms with Crippen LogP contribution in [0.2, 0.25) is 0 Å². The smallest absolute Gasteiger partial charge is 0.317 e. The van der Waals surface area contributed by atoms with Gasteiger partial charge in [0.25, 0.3) is 0 Å². The van der Waals surface area contributed by atoms with Crippen LogP contribution in [0.3, 0.4) is 0 Å². The molecule has 0 spiro atoms. The molecule has 0 amide bonds. The van der Waals surface area contributed by atoms with Crippen molar-refractivity contribution >= 4 is 14.0 Å². The first-order valence-electron chi connectivity index (χ1n) is 3.44. The largest absolute Gasteiger partial charge is 0.326 e. The lowest BCUT2D eigenvalue weighted by molar-refractivity contribution is -0.121. The van der Waals surface area contributed by atoms with Crippen LogP contribution in [0.5, 0.6) is 0 Å². The molecule has 0 aromatic carbocycles. The van der Waals surface area contributed by atoms with Crippen molar-refractivity contribution in [2.24, 2.45) is 0 Å². The van der Waals surface area contributed by atoms with Gasteiger partial charge in [-0.15, -0.1) is 11.8 Å². The van der Waals surface area contributed by atoms with Crippen molar-refractivity contribution in [3.8, 4) is 11.8 Å². The molecule has 5 heteroatoms. The van der Waals surface area contributed by atoms with Crippen LogP contribution in [0.1, 0.15) is 19.8 Å². The Morgan fingerprint density at radius 2 is 2.33 bits per heavy atom. The lowest BCUT2D eigenvalue weighted by Gasteiger charge is -1.96. The van der Waals surface area contributed by atoms with Crippen LogP contribution in [0.4, 0.5) is 0 Å². The van der Waals surface area contributed by atoms with Gasteiger partial charge in [-0.1, -0.05) is 0 Å². The van der Waals surface area contributed by atoms with Crippen molar-refractivity contribution in [3.63, 3.8) is 0 Å². The first kappa shape index (κ1) is 11.4. The van der Waals surface area contributed by atoms with E-state index in [-0.39, 0.29) is 18.8 Å². The van der Waals surface area contributed by atoms with Crippen LogP contribution in [0.15, 0.2) is 0 Å². The maximum absolute atomic E-state index is 10.8. The highest BCUT2D eigenvalue weighted by Crippen LogP contribution is 2.13. The van der Waals surface area contributed by atoms with E-state index >= 15 is 0 Å². The average Bonchev–Trinajstić information content (AvgIpc) is 2.01. The Bertz CT molecular complexity index is 225. The van der Waals surface area contributed by atoms with Gasteiger partial charge in [0.15, 0.2) is 5.78 Å². The molecule has 1 unspecified atom stereocenters. The fourth-order valence-corrected chi connectivity index (χ4v) is 0.826. The Hall–Kier alpha value is -0.620. The Balaban J connectivity index is 3.44. The van der Waals surface area contributed by atoms with E-state index in [4.69, 9.17) is 4.89 Å². The molecule has 1 N–H and O–H groups in total. The molecule has 0 fully saturated rings. The summed E-state index contributed by atoms with van der Waals surface area (Å²) < 4.78 is 14.3. The molecule has 0 rings (SSSR count). The van der Waals surface area contributed by atoms with Crippen LogP contribution in [0, 0.1) is 11.8 Å². The second-order valence-corrected chi connectivity index (χ2v) is 2.84. The Morgan fingerprint density at radius 1 is 1.67 bits per heavy atom. The van der Waals surface area contributed by atoms with E-state index in [1.807, 2.05) is 0 Å². The van der Waals surface area contributed by atoms with E-state index in [0.717, 1.165) is 0 Å². The van der Waals surface area contributed by atoms with Gasteiger partial charge in [0.2, 0.25) is 0 Å². The number of carbonyl (C=O) groups is 1. The summed E-state index contributed by atoms with van der Waals surface area (Å²) in [5.41, 5.74) is 0. The molecule has 1 atom stereocenters. The van der Waals surface area contributed by atoms with Gasteiger partial charge in [-0.2, -0.15) is 0 Å². The molecule has 0 aromatic rings. The van der Waals surface area contributed by atoms with Gasteiger partial charge in [-0.25, -0.2) is 0 Å². The summed E-state index contributed by atoms with van der Waals surface area (Å²) in [6, 6.07) is 0. The Morgan fingerprint density at radius 3 is 2.83 bits per heavy atom. The van der Waals surface area contributed by atoms with Crippen molar-refractivity contribution in [2.45, 2.75) is 19.8 Å². The van der Waals surface area contributed by atoms with E-state index in [9.17, 15) is 9.36 Å². The van der Waals surface area contributed by atoms with Crippen molar-refractivity contribution in [3.05, 3.63) is 0 Å². The topological polar surface area (TPSA) is 63.6 Å². The van der Waals surface area contributed by atoms with Gasteiger partial charge in [0, 0.05) is 12.8 Å². The molecule has 12 heavy (non-hydrogen) atoms. The third-order valence-corrected chi connectivity index (χ3v) is 1.45. The van der Waals surface area contributed by atoms with Crippen LogP contribution >= 0.6 is 8.25 Å². The van der Waals surface area contributed by atoms with E-state index < -0.39 is 8.25 Å². The highest BCUT2D eigenvalue weighted by atomic mass is 31.1. The summed E-state index contributed by atoms with van der Waals surface area (Å²) in [4.78, 5) is 19.0. The van der Waals surface area contributed by atoms with Crippen LogP contribution in [0.25, 0.3) is 0 Å². The summed E-state index contributed by atoms with van der Waals surface area (Å²) in [6.45, 7) is 1.40. The minimum Gasteiger partial charge on any atom is -0.326 e. The van der Waals surface area contributed by atoms with Crippen LogP contribution in [-0.4, -0.2) is 17.3 Å². The summed E-state index contributed by atoms with van der Waals surface area (Å²) >= 11 is 0. The van der Waals surface area contributed by atoms with Crippen LogP contribution < -0.4 is 0 Å². The molecular weight excluding hydrogens is 179 g/mol. The van der Waals surface area contributed by atoms with Crippen LogP contribution in [-0.2, 0) is 13.9 Å². The fourth-order valence-electron chi connectivity index (χ4n) is 0.541. The average molecular weight is 190 g/mol. The molecule has 0 radical (unpaired) electrons. The molecule has 0 aliphatic heterocycles. The summed E-state index contributed by atoms with van der Waals surface area (Å²) in [5, 5.41) is 0. The quantitative estimate of drug-likeness (QED) is 0.513. The molecule has 0 aliphatic carbocycles. The molecule has 0 aliphatic rings. The van der Waals surface area contributed by atoms with Gasteiger partial charge >= 0.3 is 8.25 Å². The Kier molecular flexibility index (Phi) is 6.69. The summed E-state index contributed by atoms with van der Waals surface area (Å²) in [5.74, 6) is 5.14. The zero-order valence-electron chi connectivity index (χ0n) is 6.79. The molecule has 68 valence electrons. The zero-order valence-corrected chi connectivity index (χ0v) is 7.79. The van der Waals surface area contributed by atoms with Gasteiger partial charge < -0.3 is 9.42 Å². The number of hydrogen-bond acceptors (Lipinski definition) is 3. The minimum absolute atomic E-state index is 0.204. The number of carbonyl (C=O) groups excluding carboxylic acids is 1. The normalized spacial score (nSPS) is 11.5. The number of rotatable bonds is 5. The van der Waals surface area contributed by atoms with Gasteiger partial charge in [0.05, 0.1) is 0 Å². The highest BCUT2D eigenvalue weighted by Gasteiger charge is 2.01. The number of hydrogen-bond donors (Lipinski definition) is 1. The minimum atomic E-state index is -2.97. The first-order valence-corrected chi connectivity index (χ1v) is 4.70. The predicted octanol–water partition coefficient (Wildman–Crippen LogP) is 0.758. The molecule has 0 bridgehead atoms. The Labute approximate surface area is 71.9 Å². The fraction of sp³-hybridized carbons (Fsp3) is 0.571. The first-order chi connectivity index (χ1) is 5.66. The molecule has 0 aromatic heterocycles. The third-order valence-electron chi connectivity index (χ3n) is 1.06. The number of Topliss-reactive ketones (excluding diaryl/α,β-unsaturated/α-hetero) is 1. The van der Waals surface area contributed by atoms with Crippen molar-refractivity contribution in [1.29, 1.82) is 0 Å². The SMILES string of the molecule is CC#CCCC(=O)CO[PH](=O)O. The molecule has 0 saturated heterocycles. The highest BCUT2D eigenvalue weighted by molar-refractivity contribution is 7.32. The molecule has 0 heterocycles. The van der Waals surface area contributed by atoms with Crippen molar-refractivity contribution in [1.82, 2.24) is 0 Å². The molecule has 4 nitrogen and oxygen atoms in total. The molecule has 0 saturated carbocycles. The molecular formula is C7H11O4P. The van der Waals surface area contributed by atoms with Gasteiger partial charge in [-0.3, -0.25) is 9.36 Å². The monoisotopic (exact) mass is 190 g/mol. The van der Waals surface area contributed by atoms with Gasteiger partial charge in [0.1, 0.15) is 6.61 Å². The maximum Gasteiger partial charge on any atom is 0.317 e. The predicted molar refractivity (Wildman–Crippen MR) is 44.9 cm³/mol. The van der Waals surface area contributed by atoms with Gasteiger partial charge in [-0.05, 0) is 6.92 Å². The lowest BCUT2D eigenvalue weighted by atomic mass is 10.2. The second-order valence-electron chi connectivity index (χ2n) is 2.02. The van der Waals surface area contributed by atoms with E-state index in [0.29, 0.717) is 6.42 Å². The van der Waals surface area contributed by atoms with Crippen molar-refractivity contribution < 1.29 is 18.8 Å². The number of ketones is 1. The van der Waals surface area contributed by atoms with E-state index in [1.165, 1.54) is 0 Å². The van der Waals surface area contributed by atoms with Crippen molar-refractivity contribution in [2.75, 3.05) is 6.61 Å². The van der Waals surface area contributed by atoms with E-state index in [2.05, 4.69) is 16.4 Å². The maximum atomic E-state index is 10.8. The summed E-state index contributed by atoms with van der Waals surface area (Å²) in [6.07, 6.45) is 0.751. The zero-order chi connectivity index (χ0) is 9.40. The standard InChI is InChI=1S/C7H11O4P/c1-2-3-4-5-7(8)6-11-12(9)10/h12H,4-6H2,1H3,(H,9,10). The lowest BCUT2D eigenvalue weighted by Crippen LogP contribution is -2.04. The third kappa shape index (κ3) is 7.49. The second kappa shape index (κ2) is 7.05. The summed E-state index contributed by atoms with van der Waals surface area (Å²) in [7, 11) is -2.97.